The Balaban J connectivity index is 0.860. The van der Waals surface area contributed by atoms with Gasteiger partial charge >= 0.3 is 0 Å². The molecule has 10 rings (SSSR count). The smallest absolute Gasteiger partial charge is 0.0613 e. The molecule has 0 spiro atoms. The number of pyridine rings is 2. The maximum atomic E-state index is 5.18. The summed E-state index contributed by atoms with van der Waals surface area (Å²) in [5.74, 6) is 0.312. The third-order valence-corrected chi connectivity index (χ3v) is 15.2. The number of hydrazine groups is 2. The van der Waals surface area contributed by atoms with Crippen molar-refractivity contribution in [2.75, 3.05) is 104 Å². The molecule has 0 saturated carbocycles. The molecular formula is C50H70N12. The van der Waals surface area contributed by atoms with Gasteiger partial charge in [0.15, 0.2) is 0 Å². The van der Waals surface area contributed by atoms with Crippen molar-refractivity contribution in [3.8, 4) is 0 Å². The predicted molar refractivity (Wildman–Crippen MR) is 250 cm³/mol. The lowest BCUT2D eigenvalue weighted by molar-refractivity contribution is 0.178. The van der Waals surface area contributed by atoms with Crippen molar-refractivity contribution in [2.24, 2.45) is 0 Å². The molecule has 330 valence electrons. The SMILES string of the molecule is CN1CCN(Nc2cc(C3CC[C@H](N(C)C[C@@H]4Cc5c(cccc5NN5CCN(C)CC5)CN4)c4ncccc43)cc3c2C[C@H](CN(C)[C@H]2CCCc4cccnc42)NC3)CC1. The molecule has 12 nitrogen and oxygen atoms in total. The van der Waals surface area contributed by atoms with E-state index in [4.69, 9.17) is 9.97 Å². The second-order valence-corrected chi connectivity index (χ2v) is 19.5. The van der Waals surface area contributed by atoms with Gasteiger partial charge in [-0.3, -0.25) is 19.8 Å². The lowest BCUT2D eigenvalue weighted by Gasteiger charge is -2.40. The van der Waals surface area contributed by atoms with Gasteiger partial charge < -0.3 is 31.3 Å². The first-order valence-corrected chi connectivity index (χ1v) is 23.8. The van der Waals surface area contributed by atoms with E-state index < -0.39 is 0 Å². The van der Waals surface area contributed by atoms with Crippen LogP contribution in [-0.4, -0.2) is 145 Å². The van der Waals surface area contributed by atoms with E-state index in [1.165, 1.54) is 74.5 Å². The zero-order valence-corrected chi connectivity index (χ0v) is 37.8. The molecule has 2 aliphatic carbocycles. The number of hydrogen-bond donors (Lipinski definition) is 4. The Morgan fingerprint density at radius 2 is 1.23 bits per heavy atom. The third kappa shape index (κ3) is 9.03. The van der Waals surface area contributed by atoms with E-state index >= 15 is 0 Å². The fourth-order valence-electron chi connectivity index (χ4n) is 11.5. The first-order chi connectivity index (χ1) is 30.3. The van der Waals surface area contributed by atoms with Crippen molar-refractivity contribution in [1.29, 1.82) is 0 Å². The van der Waals surface area contributed by atoms with E-state index in [0.717, 1.165) is 111 Å². The summed E-state index contributed by atoms with van der Waals surface area (Å²) >= 11 is 0. The monoisotopic (exact) mass is 839 g/mol. The van der Waals surface area contributed by atoms with Crippen molar-refractivity contribution >= 4 is 11.4 Å². The van der Waals surface area contributed by atoms with Crippen LogP contribution >= 0.6 is 0 Å². The molecule has 0 bridgehead atoms. The molecule has 4 N–H and O–H groups in total. The topological polar surface area (TPSA) is 93.3 Å². The van der Waals surface area contributed by atoms with Crippen molar-refractivity contribution in [3.63, 3.8) is 0 Å². The van der Waals surface area contributed by atoms with Gasteiger partial charge in [0.1, 0.15) is 0 Å². The molecule has 5 atom stereocenters. The summed E-state index contributed by atoms with van der Waals surface area (Å²) in [5, 5.41) is 12.8. The number of aryl methyl sites for hydroxylation is 1. The Labute approximate surface area is 370 Å². The third-order valence-electron chi connectivity index (χ3n) is 15.2. The van der Waals surface area contributed by atoms with E-state index in [1.54, 1.807) is 0 Å². The van der Waals surface area contributed by atoms with Crippen LogP contribution in [0.25, 0.3) is 0 Å². The first kappa shape index (κ1) is 42.0. The van der Waals surface area contributed by atoms with Gasteiger partial charge in [-0.1, -0.05) is 30.3 Å². The molecule has 2 fully saturated rings. The first-order valence-electron chi connectivity index (χ1n) is 23.8. The van der Waals surface area contributed by atoms with Crippen LogP contribution in [0.15, 0.2) is 67.0 Å². The number of nitrogens with one attached hydrogen (secondary N) is 4. The Morgan fingerprint density at radius 3 is 1.94 bits per heavy atom. The van der Waals surface area contributed by atoms with Crippen LogP contribution in [0.3, 0.4) is 0 Å². The molecule has 12 heteroatoms. The quantitative estimate of drug-likeness (QED) is 0.159. The van der Waals surface area contributed by atoms with Crippen LogP contribution in [0.5, 0.6) is 0 Å². The van der Waals surface area contributed by atoms with Crippen LogP contribution in [0, 0.1) is 0 Å². The van der Waals surface area contributed by atoms with Crippen molar-refractivity contribution in [1.82, 2.24) is 50.2 Å². The molecular weight excluding hydrogens is 769 g/mol. The van der Waals surface area contributed by atoms with E-state index in [9.17, 15) is 0 Å². The van der Waals surface area contributed by atoms with Crippen LogP contribution in [-0.2, 0) is 32.4 Å². The normalized spacial score (nSPS) is 26.1. The van der Waals surface area contributed by atoms with E-state index in [-0.39, 0.29) is 6.04 Å². The molecule has 6 aliphatic rings. The van der Waals surface area contributed by atoms with Crippen molar-refractivity contribution < 1.29 is 0 Å². The van der Waals surface area contributed by atoms with E-state index in [2.05, 4.69) is 134 Å². The average Bonchev–Trinajstić information content (AvgIpc) is 3.30. The number of benzene rings is 2. The summed E-state index contributed by atoms with van der Waals surface area (Å²) in [4.78, 5) is 20.1. The van der Waals surface area contributed by atoms with E-state index in [0.29, 0.717) is 24.0 Å². The lowest BCUT2D eigenvalue weighted by Crippen LogP contribution is -2.48. The predicted octanol–water partition coefficient (Wildman–Crippen LogP) is 5.26. The summed E-state index contributed by atoms with van der Waals surface area (Å²) in [6.07, 6.45) is 11.8. The fourth-order valence-corrected chi connectivity index (χ4v) is 11.5. The van der Waals surface area contributed by atoms with Crippen LogP contribution in [0.1, 0.15) is 94.0 Å². The van der Waals surface area contributed by atoms with Crippen molar-refractivity contribution in [2.45, 2.75) is 88.1 Å². The highest BCUT2D eigenvalue weighted by atomic mass is 15.5. The molecule has 0 radical (unpaired) electrons. The molecule has 4 aromatic rings. The highest BCUT2D eigenvalue weighted by Gasteiger charge is 2.35. The van der Waals surface area contributed by atoms with E-state index in [1.807, 2.05) is 12.4 Å². The largest absolute Gasteiger partial charge is 0.318 e. The number of piperazine rings is 2. The maximum Gasteiger partial charge on any atom is 0.0613 e. The maximum absolute atomic E-state index is 5.18. The van der Waals surface area contributed by atoms with Gasteiger partial charge in [-0.05, 0) is 136 Å². The highest BCUT2D eigenvalue weighted by molar-refractivity contribution is 5.60. The number of rotatable bonds is 11. The molecule has 2 aromatic heterocycles. The lowest BCUT2D eigenvalue weighted by atomic mass is 9.77. The zero-order valence-electron chi connectivity index (χ0n) is 37.8. The zero-order chi connectivity index (χ0) is 42.2. The van der Waals surface area contributed by atoms with Crippen LogP contribution in [0.2, 0.25) is 0 Å². The average molecular weight is 839 g/mol. The molecule has 2 saturated heterocycles. The minimum Gasteiger partial charge on any atom is -0.318 e. The molecule has 2 aromatic carbocycles. The van der Waals surface area contributed by atoms with Gasteiger partial charge in [-0.2, -0.15) is 0 Å². The van der Waals surface area contributed by atoms with Gasteiger partial charge in [0, 0.05) is 109 Å². The van der Waals surface area contributed by atoms with Gasteiger partial charge in [0.05, 0.1) is 34.8 Å². The van der Waals surface area contributed by atoms with Crippen molar-refractivity contribution in [3.05, 3.63) is 117 Å². The number of fused-ring (bicyclic) bond motifs is 4. The number of hydrogen-bond acceptors (Lipinski definition) is 12. The number of anilines is 2. The van der Waals surface area contributed by atoms with Crippen LogP contribution < -0.4 is 21.5 Å². The fraction of sp³-hybridized carbons (Fsp3) is 0.560. The second kappa shape index (κ2) is 18.6. The Hall–Kier alpha value is -3.98. The summed E-state index contributed by atoms with van der Waals surface area (Å²) in [6, 6.07) is 22.2. The number of aromatic nitrogens is 2. The second-order valence-electron chi connectivity index (χ2n) is 19.5. The minimum absolute atomic E-state index is 0.288. The van der Waals surface area contributed by atoms with Crippen LogP contribution in [0.4, 0.5) is 11.4 Å². The van der Waals surface area contributed by atoms with Gasteiger partial charge in [-0.15, -0.1) is 0 Å². The standard InChI is InChI=1S/C50H70N12/c1-57-19-23-61(24-20-57)55-45-13-5-10-36-31-53-39(29-43(36)45)34-60(4)48-16-15-41(42-12-8-18-52-50(42)48)37-27-38-32-54-40(30-44(38)46(28-37)56-62-25-21-58(2)22-26-62)33-59(3)47-14-6-9-35-11-7-17-51-49(35)47/h5,7-8,10-13,17-18,27-28,39-41,47-48,53-56H,6,9,14-16,19-26,29-34H2,1-4H3/t39-,40+,41?,47-,48-/m0/s1. The Kier molecular flexibility index (Phi) is 12.6. The summed E-state index contributed by atoms with van der Waals surface area (Å²) in [7, 11) is 9.09. The number of likely N-dealkylation sites (N-methyl/N-ethyl adjacent to an activating group) is 4. The summed E-state index contributed by atoms with van der Waals surface area (Å²) < 4.78 is 0. The minimum atomic E-state index is 0.288. The van der Waals surface area contributed by atoms with Gasteiger partial charge in [0.2, 0.25) is 0 Å². The van der Waals surface area contributed by atoms with Gasteiger partial charge in [0.25, 0.3) is 0 Å². The number of nitrogens with zero attached hydrogens (tertiary/aromatic N) is 8. The summed E-state index contributed by atoms with van der Waals surface area (Å²) in [6.45, 7) is 12.3. The Bertz CT molecular complexity index is 2160. The molecule has 6 heterocycles. The Morgan fingerprint density at radius 1 is 0.629 bits per heavy atom. The molecule has 0 amide bonds. The molecule has 4 aliphatic heterocycles. The highest BCUT2D eigenvalue weighted by Crippen LogP contribution is 2.44. The molecule has 1 unspecified atom stereocenters. The summed E-state index contributed by atoms with van der Waals surface area (Å²) in [5.41, 5.74) is 23.0. The van der Waals surface area contributed by atoms with Gasteiger partial charge in [-0.25, -0.2) is 10.0 Å². The molecule has 62 heavy (non-hydrogen) atoms.